The molecule has 0 spiro atoms. The van der Waals surface area contributed by atoms with E-state index in [1.165, 1.54) is 0 Å². The van der Waals surface area contributed by atoms with Gasteiger partial charge in [-0.25, -0.2) is 0 Å². The van der Waals surface area contributed by atoms with Crippen LogP contribution in [0.2, 0.25) is 0 Å². The number of quaternary nitrogens is 1. The van der Waals surface area contributed by atoms with E-state index in [1.807, 2.05) is 13.8 Å². The van der Waals surface area contributed by atoms with Gasteiger partial charge >= 0.3 is 0 Å². The zero-order valence-corrected chi connectivity index (χ0v) is 19.4. The first-order valence-electron chi connectivity index (χ1n) is 10.9. The number of carbonyl (C=O) groups is 7. The van der Waals surface area contributed by atoms with E-state index in [0.717, 1.165) is 0 Å². The highest BCUT2D eigenvalue weighted by Crippen LogP contribution is 2.15. The molecule has 3 amide bonds. The third kappa shape index (κ3) is 13.3. The maximum Gasteiger partial charge on any atom is 0.275 e. The lowest BCUT2D eigenvalue weighted by Gasteiger charge is -2.22. The van der Waals surface area contributed by atoms with E-state index in [9.17, 15) is 43.8 Å². The lowest BCUT2D eigenvalue weighted by molar-refractivity contribution is -0.355. The number of aliphatic carboxylic acids is 2. The van der Waals surface area contributed by atoms with Crippen LogP contribution in [-0.4, -0.2) is 60.4 Å². The van der Waals surface area contributed by atoms with E-state index < -0.39 is 91.3 Å². The molecule has 0 aliphatic heterocycles. The molecule has 192 valence electrons. The first-order chi connectivity index (χ1) is 15.8. The molecule has 0 rings (SSSR count). The number of nitrogens with two attached hydrogens (primary N) is 1. The molecule has 0 aromatic heterocycles. The van der Waals surface area contributed by atoms with Crippen molar-refractivity contribution in [2.45, 2.75) is 58.4 Å². The second-order valence-corrected chi connectivity index (χ2v) is 8.42. The van der Waals surface area contributed by atoms with Gasteiger partial charge in [-0.1, -0.05) is 13.8 Å². The smallest absolute Gasteiger partial charge is 0.275 e. The summed E-state index contributed by atoms with van der Waals surface area (Å²) in [4.78, 5) is 82.1. The van der Waals surface area contributed by atoms with Crippen molar-refractivity contribution < 1.29 is 49.5 Å². The fraction of sp³-hybridized carbons (Fsp3) is 0.667. The predicted octanol–water partition coefficient (Wildman–Crippen LogP) is -4.82. The summed E-state index contributed by atoms with van der Waals surface area (Å²) in [5.41, 5.74) is 8.62. The van der Waals surface area contributed by atoms with E-state index in [-0.39, 0.29) is 18.9 Å². The van der Waals surface area contributed by atoms with Gasteiger partial charge in [0.1, 0.15) is 0 Å². The van der Waals surface area contributed by atoms with Crippen LogP contribution in [0.4, 0.5) is 0 Å². The minimum atomic E-state index is -1.61. The average molecular weight is 486 g/mol. The summed E-state index contributed by atoms with van der Waals surface area (Å²) >= 11 is 0. The van der Waals surface area contributed by atoms with Crippen LogP contribution < -0.4 is 32.3 Å². The summed E-state index contributed by atoms with van der Waals surface area (Å²) in [5.74, 6) is -9.00. The Kier molecular flexibility index (Phi) is 14.0. The second kappa shape index (κ2) is 15.5. The summed E-state index contributed by atoms with van der Waals surface area (Å²) < 4.78 is 0. The number of carboxylic acid groups (broad SMARTS) is 2. The van der Waals surface area contributed by atoms with Gasteiger partial charge in [0.05, 0.1) is 18.5 Å². The van der Waals surface area contributed by atoms with Crippen molar-refractivity contribution in [2.24, 2.45) is 23.5 Å². The molecule has 0 aromatic rings. The zero-order valence-electron chi connectivity index (χ0n) is 19.4. The van der Waals surface area contributed by atoms with Crippen molar-refractivity contribution in [1.82, 2.24) is 10.6 Å². The SMILES string of the molecule is CC(C)C[C@H](NC(=O)C[NH3+])C(=O)C[C@@H](CC(N)=O)C(=O)NCC(=O)C[C@@H](CCC(=O)[O-])C(=O)[O-]. The Bertz CT molecular complexity index is 782. The molecule has 0 radical (unpaired) electrons. The van der Waals surface area contributed by atoms with Crippen LogP contribution in [0.1, 0.15) is 52.4 Å². The quantitative estimate of drug-likeness (QED) is 0.145. The monoisotopic (exact) mass is 485 g/mol. The lowest BCUT2D eigenvalue weighted by atomic mass is 9.91. The fourth-order valence-electron chi connectivity index (χ4n) is 3.17. The number of hydrogen-bond donors (Lipinski definition) is 4. The lowest BCUT2D eigenvalue weighted by Crippen LogP contribution is -2.59. The molecule has 34 heavy (non-hydrogen) atoms. The number of primary amides is 1. The van der Waals surface area contributed by atoms with Gasteiger partial charge in [0.15, 0.2) is 18.1 Å². The van der Waals surface area contributed by atoms with Gasteiger partial charge in [0.25, 0.3) is 5.91 Å². The number of Topliss-reactive ketones (excluding diaryl/α,β-unsaturated/α-hetero) is 2. The van der Waals surface area contributed by atoms with Crippen LogP contribution in [-0.2, 0) is 33.6 Å². The van der Waals surface area contributed by atoms with E-state index in [2.05, 4.69) is 16.4 Å². The number of carbonyl (C=O) groups excluding carboxylic acids is 7. The first kappa shape index (κ1) is 30.6. The van der Waals surface area contributed by atoms with Crippen LogP contribution in [0.15, 0.2) is 0 Å². The summed E-state index contributed by atoms with van der Waals surface area (Å²) in [7, 11) is 0. The second-order valence-electron chi connectivity index (χ2n) is 8.42. The Morgan fingerprint density at radius 3 is 2.03 bits per heavy atom. The first-order valence-corrected chi connectivity index (χ1v) is 10.9. The van der Waals surface area contributed by atoms with E-state index in [1.54, 1.807) is 0 Å². The van der Waals surface area contributed by atoms with Gasteiger partial charge in [-0.15, -0.1) is 0 Å². The third-order valence-electron chi connectivity index (χ3n) is 4.89. The number of nitrogens with one attached hydrogen (secondary N) is 2. The minimum Gasteiger partial charge on any atom is -0.550 e. The van der Waals surface area contributed by atoms with E-state index in [4.69, 9.17) is 5.73 Å². The number of amides is 3. The van der Waals surface area contributed by atoms with Crippen LogP contribution in [0.3, 0.4) is 0 Å². The van der Waals surface area contributed by atoms with Gasteiger partial charge in [0, 0.05) is 37.1 Å². The Hall–Kier alpha value is -3.35. The molecule has 7 N–H and O–H groups in total. The summed E-state index contributed by atoms with van der Waals surface area (Å²) in [6, 6.07) is -0.897. The molecule has 0 bridgehead atoms. The molecule has 13 nitrogen and oxygen atoms in total. The number of ketones is 2. The standard InChI is InChI=1S/C21H34N4O9/c1-11(2)5-15(25-18(29)9-22)16(27)7-13(8-17(23)28)20(32)24-10-14(26)6-12(21(33)34)3-4-19(30)31/h11-13,15H,3-10,22H2,1-2H3,(H2,23,28)(H,24,32)(H,25,29)(H,30,31)(H,33,34)/p-1/t12-,13+,15+/m1/s1. The molecule has 0 saturated heterocycles. The normalized spacial score (nSPS) is 13.4. The maximum atomic E-state index is 12.8. The van der Waals surface area contributed by atoms with Gasteiger partial charge in [0.2, 0.25) is 11.8 Å². The molecule has 0 aromatic carbocycles. The molecule has 3 atom stereocenters. The average Bonchev–Trinajstić information content (AvgIpc) is 2.72. The number of rotatable bonds is 18. The predicted molar refractivity (Wildman–Crippen MR) is 111 cm³/mol. The maximum absolute atomic E-state index is 12.8. The Morgan fingerprint density at radius 1 is 0.941 bits per heavy atom. The number of hydrogen-bond acceptors (Lipinski definition) is 9. The van der Waals surface area contributed by atoms with Crippen molar-refractivity contribution >= 4 is 41.2 Å². The summed E-state index contributed by atoms with van der Waals surface area (Å²) in [6.07, 6.45) is -2.16. The van der Waals surface area contributed by atoms with Crippen molar-refractivity contribution in [2.75, 3.05) is 13.1 Å². The molecule has 0 heterocycles. The minimum absolute atomic E-state index is 0.0358. The molecular weight excluding hydrogens is 452 g/mol. The van der Waals surface area contributed by atoms with Crippen molar-refractivity contribution in [3.05, 3.63) is 0 Å². The highest BCUT2D eigenvalue weighted by atomic mass is 16.4. The van der Waals surface area contributed by atoms with Crippen LogP contribution in [0.5, 0.6) is 0 Å². The van der Waals surface area contributed by atoms with E-state index >= 15 is 0 Å². The van der Waals surface area contributed by atoms with Gasteiger partial charge in [-0.3, -0.25) is 24.0 Å². The molecule has 13 heteroatoms. The summed E-state index contributed by atoms with van der Waals surface area (Å²) in [5, 5.41) is 26.4. The Labute approximate surface area is 197 Å². The zero-order chi connectivity index (χ0) is 26.4. The largest absolute Gasteiger partial charge is 0.550 e. The highest BCUT2D eigenvalue weighted by molar-refractivity contribution is 5.95. The summed E-state index contributed by atoms with van der Waals surface area (Å²) in [6.45, 7) is 2.97. The van der Waals surface area contributed by atoms with Crippen LogP contribution >= 0.6 is 0 Å². The van der Waals surface area contributed by atoms with Crippen molar-refractivity contribution in [3.63, 3.8) is 0 Å². The molecule has 0 fully saturated rings. The van der Waals surface area contributed by atoms with Gasteiger partial charge in [-0.2, -0.15) is 0 Å². The topological polar surface area (TPSA) is 243 Å². The molecular formula is C21H33N4O9-. The molecule has 0 unspecified atom stereocenters. The van der Waals surface area contributed by atoms with Crippen LogP contribution in [0.25, 0.3) is 0 Å². The van der Waals surface area contributed by atoms with E-state index in [0.29, 0.717) is 6.42 Å². The third-order valence-corrected chi connectivity index (χ3v) is 4.89. The Morgan fingerprint density at radius 2 is 1.56 bits per heavy atom. The van der Waals surface area contributed by atoms with Gasteiger partial charge < -0.3 is 41.9 Å². The van der Waals surface area contributed by atoms with Crippen molar-refractivity contribution in [1.29, 1.82) is 0 Å². The fourth-order valence-corrected chi connectivity index (χ4v) is 3.17. The highest BCUT2D eigenvalue weighted by Gasteiger charge is 2.29. The Balaban J connectivity index is 5.16. The molecule has 0 aliphatic carbocycles. The molecule has 0 saturated carbocycles. The van der Waals surface area contributed by atoms with Crippen molar-refractivity contribution in [3.8, 4) is 0 Å². The molecule has 0 aliphatic rings. The van der Waals surface area contributed by atoms with Gasteiger partial charge in [-0.05, 0) is 25.2 Å². The van der Waals surface area contributed by atoms with Crippen LogP contribution in [0, 0.1) is 17.8 Å². The number of carboxylic acids is 2.